The van der Waals surface area contributed by atoms with Crippen molar-refractivity contribution in [1.29, 1.82) is 0 Å². The van der Waals surface area contributed by atoms with Crippen LogP contribution in [0, 0.1) is 0 Å². The average molecular weight is 211 g/mol. The molecule has 86 valence electrons. The summed E-state index contributed by atoms with van der Waals surface area (Å²) < 4.78 is 4.69. The molecular weight excluding hydrogens is 190 g/mol. The molecular formula is C12H21NO2. The highest BCUT2D eigenvalue weighted by Gasteiger charge is 2.10. The van der Waals surface area contributed by atoms with Crippen molar-refractivity contribution in [2.75, 3.05) is 7.11 Å². The van der Waals surface area contributed by atoms with Crippen molar-refractivity contribution in [3.63, 3.8) is 0 Å². The highest BCUT2D eigenvalue weighted by Crippen LogP contribution is 2.06. The number of carbonyl (C=O) groups excluding carboxylic acids is 1. The van der Waals surface area contributed by atoms with Gasteiger partial charge in [0.15, 0.2) is 0 Å². The van der Waals surface area contributed by atoms with Crippen LogP contribution in [0.1, 0.15) is 34.6 Å². The van der Waals surface area contributed by atoms with Gasteiger partial charge in [0.05, 0.1) is 12.7 Å². The molecule has 0 aromatic carbocycles. The second-order valence-corrected chi connectivity index (χ2v) is 4.71. The van der Waals surface area contributed by atoms with Crippen molar-refractivity contribution < 1.29 is 9.53 Å². The van der Waals surface area contributed by atoms with Gasteiger partial charge < -0.3 is 10.1 Å². The van der Waals surface area contributed by atoms with E-state index in [1.807, 2.05) is 34.6 Å². The minimum absolute atomic E-state index is 0.0608. The zero-order valence-electron chi connectivity index (χ0n) is 10.5. The molecule has 0 aliphatic heterocycles. The third-order valence-corrected chi connectivity index (χ3v) is 1.53. The highest BCUT2D eigenvalue weighted by atomic mass is 16.5. The topological polar surface area (TPSA) is 38.3 Å². The predicted octanol–water partition coefficient (Wildman–Crippen LogP) is 2.40. The molecule has 0 aliphatic carbocycles. The number of esters is 1. The van der Waals surface area contributed by atoms with Crippen molar-refractivity contribution in [1.82, 2.24) is 5.32 Å². The molecule has 0 radical (unpaired) electrons. The fourth-order valence-electron chi connectivity index (χ4n) is 0.883. The lowest BCUT2D eigenvalue weighted by atomic mass is 10.1. The van der Waals surface area contributed by atoms with Gasteiger partial charge in [-0.05, 0) is 40.7 Å². The molecule has 0 bridgehead atoms. The third kappa shape index (κ3) is 6.77. The van der Waals surface area contributed by atoms with Gasteiger partial charge in [0.1, 0.15) is 0 Å². The summed E-state index contributed by atoms with van der Waals surface area (Å²) in [7, 11) is 1.38. The van der Waals surface area contributed by atoms with Crippen LogP contribution in [0.15, 0.2) is 23.4 Å². The van der Waals surface area contributed by atoms with Crippen LogP contribution in [-0.2, 0) is 9.53 Å². The fraction of sp³-hybridized carbons (Fsp3) is 0.583. The van der Waals surface area contributed by atoms with Crippen molar-refractivity contribution in [2.45, 2.75) is 40.2 Å². The first-order valence-corrected chi connectivity index (χ1v) is 4.97. The molecule has 15 heavy (non-hydrogen) atoms. The summed E-state index contributed by atoms with van der Waals surface area (Å²) in [4.78, 5) is 11.4. The van der Waals surface area contributed by atoms with Crippen LogP contribution < -0.4 is 5.32 Å². The molecule has 0 heterocycles. The number of rotatable bonds is 3. The van der Waals surface area contributed by atoms with E-state index >= 15 is 0 Å². The van der Waals surface area contributed by atoms with E-state index in [4.69, 9.17) is 0 Å². The van der Waals surface area contributed by atoms with E-state index in [1.54, 1.807) is 12.3 Å². The van der Waals surface area contributed by atoms with E-state index in [0.29, 0.717) is 5.57 Å². The highest BCUT2D eigenvalue weighted by molar-refractivity contribution is 5.91. The summed E-state index contributed by atoms with van der Waals surface area (Å²) in [5, 5.41) is 3.14. The molecule has 0 saturated heterocycles. The van der Waals surface area contributed by atoms with Gasteiger partial charge in [-0.25, -0.2) is 4.79 Å². The van der Waals surface area contributed by atoms with E-state index in [0.717, 1.165) is 5.57 Å². The molecule has 0 spiro atoms. The molecule has 0 amide bonds. The van der Waals surface area contributed by atoms with Crippen molar-refractivity contribution >= 4 is 5.97 Å². The standard InChI is InChI=1S/C12H21NO2/c1-9(2)7-10(11(14)15-6)8-13-12(3,4)5/h7-8,13H,1-6H3/b10-8+. The van der Waals surface area contributed by atoms with Gasteiger partial charge >= 0.3 is 5.97 Å². The van der Waals surface area contributed by atoms with Crippen LogP contribution in [0.2, 0.25) is 0 Å². The SMILES string of the molecule is COC(=O)/C(C=C(C)C)=C/NC(C)(C)C. The Kier molecular flexibility index (Phi) is 5.12. The minimum Gasteiger partial charge on any atom is -0.465 e. The summed E-state index contributed by atoms with van der Waals surface area (Å²) in [5.74, 6) is -0.326. The molecule has 0 aromatic rings. The largest absolute Gasteiger partial charge is 0.465 e. The van der Waals surface area contributed by atoms with Gasteiger partial charge in [-0.1, -0.05) is 5.57 Å². The molecule has 0 unspecified atom stereocenters. The lowest BCUT2D eigenvalue weighted by Crippen LogP contribution is -2.32. The van der Waals surface area contributed by atoms with Crippen molar-refractivity contribution in [2.24, 2.45) is 0 Å². The van der Waals surface area contributed by atoms with Gasteiger partial charge in [-0.15, -0.1) is 0 Å². The monoisotopic (exact) mass is 211 g/mol. The fourth-order valence-corrected chi connectivity index (χ4v) is 0.883. The van der Waals surface area contributed by atoms with Gasteiger partial charge in [0.25, 0.3) is 0 Å². The normalized spacial score (nSPS) is 12.0. The molecule has 3 nitrogen and oxygen atoms in total. The number of carbonyl (C=O) groups is 1. The Morgan fingerprint density at radius 1 is 1.27 bits per heavy atom. The first-order chi connectivity index (χ1) is 6.76. The molecule has 0 aliphatic rings. The van der Waals surface area contributed by atoms with Crippen LogP contribution >= 0.6 is 0 Å². The Hall–Kier alpha value is -1.25. The Morgan fingerprint density at radius 2 is 1.80 bits per heavy atom. The molecule has 0 saturated carbocycles. The Bertz CT molecular complexity index is 278. The Morgan fingerprint density at radius 3 is 2.13 bits per heavy atom. The molecule has 0 fully saturated rings. The maximum atomic E-state index is 11.4. The molecule has 0 aromatic heterocycles. The zero-order chi connectivity index (χ0) is 12.1. The number of allylic oxidation sites excluding steroid dienone is 1. The van der Waals surface area contributed by atoms with Crippen LogP contribution in [0.25, 0.3) is 0 Å². The minimum atomic E-state index is -0.326. The van der Waals surface area contributed by atoms with Gasteiger partial charge in [0, 0.05) is 11.7 Å². The average Bonchev–Trinajstić information content (AvgIpc) is 2.09. The van der Waals surface area contributed by atoms with E-state index < -0.39 is 0 Å². The van der Waals surface area contributed by atoms with E-state index in [-0.39, 0.29) is 11.5 Å². The van der Waals surface area contributed by atoms with E-state index in [2.05, 4.69) is 10.1 Å². The van der Waals surface area contributed by atoms with Crippen molar-refractivity contribution in [3.05, 3.63) is 23.4 Å². The third-order valence-electron chi connectivity index (χ3n) is 1.53. The second-order valence-electron chi connectivity index (χ2n) is 4.71. The summed E-state index contributed by atoms with van der Waals surface area (Å²) in [6.07, 6.45) is 3.49. The molecule has 1 N–H and O–H groups in total. The lowest BCUT2D eigenvalue weighted by molar-refractivity contribution is -0.135. The molecule has 0 rings (SSSR count). The number of ether oxygens (including phenoxy) is 1. The maximum Gasteiger partial charge on any atom is 0.339 e. The number of methoxy groups -OCH3 is 1. The summed E-state index contributed by atoms with van der Waals surface area (Å²) in [6.45, 7) is 9.96. The zero-order valence-corrected chi connectivity index (χ0v) is 10.5. The number of hydrogen-bond acceptors (Lipinski definition) is 3. The first kappa shape index (κ1) is 13.8. The predicted molar refractivity (Wildman–Crippen MR) is 62.4 cm³/mol. The van der Waals surface area contributed by atoms with Gasteiger partial charge in [-0.3, -0.25) is 0 Å². The van der Waals surface area contributed by atoms with E-state index in [1.165, 1.54) is 7.11 Å². The Balaban J connectivity index is 4.79. The second kappa shape index (κ2) is 5.59. The van der Waals surface area contributed by atoms with Gasteiger partial charge in [0.2, 0.25) is 0 Å². The van der Waals surface area contributed by atoms with Gasteiger partial charge in [-0.2, -0.15) is 0 Å². The summed E-state index contributed by atoms with van der Waals surface area (Å²) in [6, 6.07) is 0. The van der Waals surface area contributed by atoms with Crippen LogP contribution in [0.4, 0.5) is 0 Å². The van der Waals surface area contributed by atoms with Crippen LogP contribution in [0.5, 0.6) is 0 Å². The van der Waals surface area contributed by atoms with E-state index in [9.17, 15) is 4.79 Å². The van der Waals surface area contributed by atoms with Crippen LogP contribution in [-0.4, -0.2) is 18.6 Å². The van der Waals surface area contributed by atoms with Crippen molar-refractivity contribution in [3.8, 4) is 0 Å². The lowest BCUT2D eigenvalue weighted by Gasteiger charge is -2.19. The van der Waals surface area contributed by atoms with Crippen LogP contribution in [0.3, 0.4) is 0 Å². The maximum absolute atomic E-state index is 11.4. The first-order valence-electron chi connectivity index (χ1n) is 4.97. The number of nitrogens with one attached hydrogen (secondary N) is 1. The quantitative estimate of drug-likeness (QED) is 0.442. The summed E-state index contributed by atoms with van der Waals surface area (Å²) >= 11 is 0. The summed E-state index contributed by atoms with van der Waals surface area (Å²) in [5.41, 5.74) is 1.53. The number of hydrogen-bond donors (Lipinski definition) is 1. The molecule has 3 heteroatoms. The Labute approximate surface area is 92.2 Å². The smallest absolute Gasteiger partial charge is 0.339 e. The molecule has 0 atom stereocenters.